The number of ether oxygens (including phenoxy) is 1. The van der Waals surface area contributed by atoms with Gasteiger partial charge in [0, 0.05) is 17.2 Å². The zero-order valence-corrected chi connectivity index (χ0v) is 24.8. The molecule has 1 aliphatic rings. The highest BCUT2D eigenvalue weighted by molar-refractivity contribution is 8.00. The maximum atomic E-state index is 13.2. The Balaban J connectivity index is 1.21. The molecule has 42 heavy (non-hydrogen) atoms. The van der Waals surface area contributed by atoms with Crippen molar-refractivity contribution < 1.29 is 9.53 Å². The summed E-state index contributed by atoms with van der Waals surface area (Å²) in [5.41, 5.74) is 7.92. The number of rotatable bonds is 9. The van der Waals surface area contributed by atoms with E-state index in [0.29, 0.717) is 12.4 Å². The van der Waals surface area contributed by atoms with Crippen LogP contribution in [0.4, 0.5) is 4.79 Å². The van der Waals surface area contributed by atoms with Gasteiger partial charge in [0.05, 0.1) is 4.75 Å². The standard InChI is InChI=1S/C38H35NO2S/c1-37(2,39-36(40)41-26-35-33-24-14-12-22-31(33)32-23-13-15-25-34(32)35)27-42-38(28-16-6-3-7-17-28,29-18-8-4-9-19-29)30-20-10-5-11-21-30/h3-25,35H,26-27H2,1-2H3,(H,39,40). The summed E-state index contributed by atoms with van der Waals surface area (Å²) in [6, 6.07) is 48.7. The fourth-order valence-electron chi connectivity index (χ4n) is 6.00. The molecule has 3 nitrogen and oxygen atoms in total. The van der Waals surface area contributed by atoms with E-state index in [1.165, 1.54) is 38.9 Å². The van der Waals surface area contributed by atoms with E-state index in [4.69, 9.17) is 4.74 Å². The third-order valence-corrected chi connectivity index (χ3v) is 9.98. The van der Waals surface area contributed by atoms with Gasteiger partial charge in [-0.25, -0.2) is 4.79 Å². The van der Waals surface area contributed by atoms with Crippen molar-refractivity contribution in [3.8, 4) is 11.1 Å². The summed E-state index contributed by atoms with van der Waals surface area (Å²) in [7, 11) is 0. The van der Waals surface area contributed by atoms with Crippen LogP contribution >= 0.6 is 11.8 Å². The molecule has 0 aliphatic heterocycles. The van der Waals surface area contributed by atoms with Crippen LogP contribution in [0.5, 0.6) is 0 Å². The largest absolute Gasteiger partial charge is 0.449 e. The molecule has 5 aromatic rings. The Morgan fingerprint density at radius 2 is 1.05 bits per heavy atom. The maximum absolute atomic E-state index is 13.2. The van der Waals surface area contributed by atoms with Gasteiger partial charge in [-0.2, -0.15) is 0 Å². The van der Waals surface area contributed by atoms with E-state index in [1.807, 2.05) is 11.8 Å². The van der Waals surface area contributed by atoms with Gasteiger partial charge in [-0.3, -0.25) is 0 Å². The highest BCUT2D eigenvalue weighted by Crippen LogP contribution is 2.49. The monoisotopic (exact) mass is 569 g/mol. The summed E-state index contributed by atoms with van der Waals surface area (Å²) in [5.74, 6) is 0.693. The van der Waals surface area contributed by atoms with Gasteiger partial charge < -0.3 is 10.1 Å². The highest BCUT2D eigenvalue weighted by atomic mass is 32.2. The first kappa shape index (κ1) is 27.9. The third kappa shape index (κ3) is 5.47. The van der Waals surface area contributed by atoms with Crippen LogP contribution in [0.2, 0.25) is 0 Å². The lowest BCUT2D eigenvalue weighted by Gasteiger charge is -2.38. The molecule has 1 N–H and O–H groups in total. The quantitative estimate of drug-likeness (QED) is 0.180. The smallest absolute Gasteiger partial charge is 0.407 e. The van der Waals surface area contributed by atoms with Crippen molar-refractivity contribution in [1.29, 1.82) is 0 Å². The molecule has 0 spiro atoms. The second-order valence-electron chi connectivity index (χ2n) is 11.4. The number of benzene rings is 5. The zero-order valence-electron chi connectivity index (χ0n) is 24.0. The number of hydrogen-bond donors (Lipinski definition) is 1. The van der Waals surface area contributed by atoms with Crippen LogP contribution in [0.3, 0.4) is 0 Å². The molecule has 1 amide bonds. The van der Waals surface area contributed by atoms with Crippen LogP contribution < -0.4 is 5.32 Å². The normalized spacial score (nSPS) is 12.8. The Bertz CT molecular complexity index is 1510. The number of carbonyl (C=O) groups is 1. The van der Waals surface area contributed by atoms with Crippen molar-refractivity contribution in [2.45, 2.75) is 30.1 Å². The first-order valence-corrected chi connectivity index (χ1v) is 15.4. The van der Waals surface area contributed by atoms with Crippen molar-refractivity contribution in [3.05, 3.63) is 167 Å². The molecule has 210 valence electrons. The second kappa shape index (κ2) is 11.9. The van der Waals surface area contributed by atoms with Crippen molar-refractivity contribution >= 4 is 17.9 Å². The summed E-state index contributed by atoms with van der Waals surface area (Å²) < 4.78 is 5.45. The SMILES string of the molecule is CC(C)(CSC(c1ccccc1)(c1ccccc1)c1ccccc1)NC(=O)OCC1c2ccccc2-c2ccccc21. The lowest BCUT2D eigenvalue weighted by molar-refractivity contribution is 0.135. The number of thioether (sulfide) groups is 1. The average molecular weight is 570 g/mol. The van der Waals surface area contributed by atoms with E-state index in [1.54, 1.807) is 0 Å². The van der Waals surface area contributed by atoms with Crippen LogP contribution in [0, 0.1) is 0 Å². The van der Waals surface area contributed by atoms with Crippen molar-refractivity contribution in [2.24, 2.45) is 0 Å². The van der Waals surface area contributed by atoms with Crippen LogP contribution in [0.15, 0.2) is 140 Å². The molecule has 0 fully saturated rings. The molecule has 0 bridgehead atoms. The fourth-order valence-corrected chi connectivity index (χ4v) is 7.56. The minimum atomic E-state index is -0.531. The summed E-state index contributed by atoms with van der Waals surface area (Å²) in [6.07, 6.45) is -0.396. The first-order chi connectivity index (χ1) is 20.5. The number of hydrogen-bond acceptors (Lipinski definition) is 3. The maximum Gasteiger partial charge on any atom is 0.407 e. The van der Waals surface area contributed by atoms with Crippen LogP contribution in [0.1, 0.15) is 47.6 Å². The Morgan fingerprint density at radius 3 is 1.50 bits per heavy atom. The van der Waals surface area contributed by atoms with Crippen LogP contribution in [-0.4, -0.2) is 24.0 Å². The van der Waals surface area contributed by atoms with Crippen LogP contribution in [0.25, 0.3) is 11.1 Å². The molecule has 0 atom stereocenters. The molecule has 0 radical (unpaired) electrons. The van der Waals surface area contributed by atoms with E-state index in [9.17, 15) is 4.79 Å². The van der Waals surface area contributed by atoms with E-state index in [0.717, 1.165) is 0 Å². The Kier molecular flexibility index (Phi) is 7.90. The lowest BCUT2D eigenvalue weighted by Crippen LogP contribution is -2.47. The molecular weight excluding hydrogens is 534 g/mol. The highest BCUT2D eigenvalue weighted by Gasteiger charge is 2.39. The molecule has 0 saturated carbocycles. The molecule has 0 heterocycles. The van der Waals surface area contributed by atoms with E-state index >= 15 is 0 Å². The van der Waals surface area contributed by atoms with Crippen molar-refractivity contribution in [2.75, 3.05) is 12.4 Å². The third-order valence-electron chi connectivity index (χ3n) is 7.97. The van der Waals surface area contributed by atoms with Gasteiger partial charge in [0.2, 0.25) is 0 Å². The topological polar surface area (TPSA) is 38.3 Å². The average Bonchev–Trinajstić information content (AvgIpc) is 3.35. The van der Waals surface area contributed by atoms with Gasteiger partial charge >= 0.3 is 6.09 Å². The Morgan fingerprint density at radius 1 is 0.643 bits per heavy atom. The van der Waals surface area contributed by atoms with Gasteiger partial charge in [-0.1, -0.05) is 140 Å². The number of alkyl carbamates (subject to hydrolysis) is 1. The summed E-state index contributed by atoms with van der Waals surface area (Å²) in [5, 5.41) is 3.17. The van der Waals surface area contributed by atoms with E-state index in [2.05, 4.69) is 159 Å². The minimum absolute atomic E-state index is 0.0301. The Hall–Kier alpha value is -4.28. The van der Waals surface area contributed by atoms with Gasteiger partial charge in [0.1, 0.15) is 6.61 Å². The predicted molar refractivity (Wildman–Crippen MR) is 174 cm³/mol. The Labute approximate surface area is 253 Å². The van der Waals surface area contributed by atoms with Gasteiger partial charge in [0.25, 0.3) is 0 Å². The van der Waals surface area contributed by atoms with E-state index in [-0.39, 0.29) is 5.92 Å². The summed E-state index contributed by atoms with van der Waals surface area (Å²) in [4.78, 5) is 13.2. The second-order valence-corrected chi connectivity index (χ2v) is 12.6. The molecule has 5 aromatic carbocycles. The summed E-state index contributed by atoms with van der Waals surface area (Å²) in [6.45, 7) is 4.42. The minimum Gasteiger partial charge on any atom is -0.449 e. The van der Waals surface area contributed by atoms with Crippen molar-refractivity contribution in [3.63, 3.8) is 0 Å². The van der Waals surface area contributed by atoms with E-state index < -0.39 is 16.4 Å². The molecule has 0 aromatic heterocycles. The molecule has 0 unspecified atom stereocenters. The zero-order chi connectivity index (χ0) is 29.0. The molecule has 4 heteroatoms. The number of amides is 1. The molecular formula is C38H35NO2S. The first-order valence-electron chi connectivity index (χ1n) is 14.4. The predicted octanol–water partition coefficient (Wildman–Crippen LogP) is 9.03. The molecule has 0 saturated heterocycles. The summed E-state index contributed by atoms with van der Waals surface area (Å²) >= 11 is 1.83. The number of carbonyl (C=O) groups excluding carboxylic acids is 1. The fraction of sp³-hybridized carbons (Fsp3) is 0.184. The number of nitrogens with one attached hydrogen (secondary N) is 1. The van der Waals surface area contributed by atoms with Crippen molar-refractivity contribution in [1.82, 2.24) is 5.32 Å². The molecule has 6 rings (SSSR count). The van der Waals surface area contributed by atoms with Crippen LogP contribution in [-0.2, 0) is 9.48 Å². The lowest BCUT2D eigenvalue weighted by atomic mass is 9.84. The van der Waals surface area contributed by atoms with Gasteiger partial charge in [-0.05, 0) is 52.8 Å². The number of fused-ring (bicyclic) bond motifs is 3. The van der Waals surface area contributed by atoms with Gasteiger partial charge in [0.15, 0.2) is 0 Å². The van der Waals surface area contributed by atoms with Gasteiger partial charge in [-0.15, -0.1) is 11.8 Å². The molecule has 1 aliphatic carbocycles.